The number of hydrogen-bond donors (Lipinski definition) is 0. The molecular weight excluding hydrogens is 280 g/mol. The van der Waals surface area contributed by atoms with Gasteiger partial charge in [0.15, 0.2) is 5.52 Å². The van der Waals surface area contributed by atoms with E-state index in [9.17, 15) is 0 Å². The van der Waals surface area contributed by atoms with E-state index in [-0.39, 0.29) is 12.4 Å². The first-order valence-electron chi connectivity index (χ1n) is 6.83. The zero-order valence-corrected chi connectivity index (χ0v) is 12.2. The topological polar surface area (TPSA) is 8.29 Å². The average Bonchev–Trinajstić information content (AvgIpc) is 2.91. The summed E-state index contributed by atoms with van der Waals surface area (Å²) < 4.78 is 4.48. The molecule has 0 saturated heterocycles. The highest BCUT2D eigenvalue weighted by Gasteiger charge is 2.10. The van der Waals surface area contributed by atoms with Gasteiger partial charge in [0, 0.05) is 5.39 Å². The Morgan fingerprint density at radius 1 is 0.810 bits per heavy atom. The maximum atomic E-state index is 2.25. The van der Waals surface area contributed by atoms with Crippen molar-refractivity contribution in [1.82, 2.24) is 4.40 Å². The molecule has 4 rings (SSSR count). The molecule has 3 heteroatoms. The molecule has 0 amide bonds. The van der Waals surface area contributed by atoms with Crippen LogP contribution in [0.4, 0.5) is 0 Å². The van der Waals surface area contributed by atoms with Crippen molar-refractivity contribution in [2.75, 3.05) is 0 Å². The van der Waals surface area contributed by atoms with Crippen LogP contribution in [0.3, 0.4) is 0 Å². The van der Waals surface area contributed by atoms with Crippen LogP contribution < -0.4 is 17.0 Å². The highest BCUT2D eigenvalue weighted by atomic mass is 35.5. The van der Waals surface area contributed by atoms with Crippen LogP contribution in [-0.4, -0.2) is 4.40 Å². The largest absolute Gasteiger partial charge is 1.00 e. The van der Waals surface area contributed by atoms with Crippen LogP contribution in [0.2, 0.25) is 0 Å². The van der Waals surface area contributed by atoms with Crippen molar-refractivity contribution in [3.63, 3.8) is 0 Å². The average molecular weight is 295 g/mol. The second kappa shape index (κ2) is 5.58. The van der Waals surface area contributed by atoms with Crippen LogP contribution in [0.1, 0.15) is 5.56 Å². The van der Waals surface area contributed by atoms with E-state index < -0.39 is 0 Å². The summed E-state index contributed by atoms with van der Waals surface area (Å²) in [4.78, 5) is 0. The number of benzene rings is 2. The summed E-state index contributed by atoms with van der Waals surface area (Å²) in [5.41, 5.74) is 3.79. The third-order valence-electron chi connectivity index (χ3n) is 3.68. The van der Waals surface area contributed by atoms with Gasteiger partial charge in [-0.1, -0.05) is 48.5 Å². The van der Waals surface area contributed by atoms with Gasteiger partial charge in [-0.05, 0) is 23.8 Å². The van der Waals surface area contributed by atoms with E-state index in [4.69, 9.17) is 0 Å². The first kappa shape index (κ1) is 13.7. The third kappa shape index (κ3) is 2.50. The highest BCUT2D eigenvalue weighted by molar-refractivity contribution is 5.82. The normalized spacial score (nSPS) is 10.7. The Balaban J connectivity index is 0.00000132. The molecule has 0 unspecified atom stereocenters. The monoisotopic (exact) mass is 294 g/mol. The van der Waals surface area contributed by atoms with Gasteiger partial charge in [0.25, 0.3) is 0 Å². The number of pyridine rings is 1. The van der Waals surface area contributed by atoms with Crippen molar-refractivity contribution in [2.45, 2.75) is 6.54 Å². The molecule has 0 radical (unpaired) electrons. The standard InChI is InChI=1S/C18H15N2.ClH/c1-2-6-15(7-3-1)12-19-13-17-11-10-16-8-4-5-9-18(16)20(17)14-19;/h1-11,13-14H,12H2;1H/q+1;/p-1. The van der Waals surface area contributed by atoms with Crippen molar-refractivity contribution >= 4 is 16.4 Å². The lowest BCUT2D eigenvalue weighted by atomic mass is 10.2. The summed E-state index contributed by atoms with van der Waals surface area (Å²) in [7, 11) is 0. The lowest BCUT2D eigenvalue weighted by Gasteiger charge is -1.96. The number of hydrogen-bond acceptors (Lipinski definition) is 0. The fourth-order valence-electron chi connectivity index (χ4n) is 2.71. The number of rotatable bonds is 2. The van der Waals surface area contributed by atoms with E-state index in [1.807, 2.05) is 0 Å². The fraction of sp³-hybridized carbons (Fsp3) is 0.0556. The molecule has 0 saturated carbocycles. The minimum atomic E-state index is 0. The third-order valence-corrected chi connectivity index (χ3v) is 3.68. The number of aromatic nitrogens is 2. The molecule has 4 aromatic rings. The SMILES string of the molecule is [Cl-].c1ccc(C[n+]2cc3ccc4ccccc4n3c2)cc1. The van der Waals surface area contributed by atoms with Gasteiger partial charge in [-0.15, -0.1) is 0 Å². The predicted molar refractivity (Wildman–Crippen MR) is 80.6 cm³/mol. The molecular formula is C18H15ClN2. The van der Waals surface area contributed by atoms with E-state index in [1.165, 1.54) is 22.0 Å². The molecule has 0 spiro atoms. The fourth-order valence-corrected chi connectivity index (χ4v) is 2.71. The quantitative estimate of drug-likeness (QED) is 0.474. The molecule has 0 atom stereocenters. The van der Waals surface area contributed by atoms with Gasteiger partial charge in [0.1, 0.15) is 18.3 Å². The van der Waals surface area contributed by atoms with E-state index in [1.54, 1.807) is 0 Å². The van der Waals surface area contributed by atoms with Gasteiger partial charge in [0.2, 0.25) is 6.33 Å². The molecule has 104 valence electrons. The minimum absolute atomic E-state index is 0. The first-order chi connectivity index (χ1) is 9.90. The summed E-state index contributed by atoms with van der Waals surface area (Å²) >= 11 is 0. The Kier molecular flexibility index (Phi) is 3.63. The molecule has 0 aliphatic carbocycles. The summed E-state index contributed by atoms with van der Waals surface area (Å²) in [6.07, 6.45) is 4.37. The Bertz CT molecular complexity index is 881. The van der Waals surface area contributed by atoms with Crippen molar-refractivity contribution in [3.05, 3.63) is 84.8 Å². The van der Waals surface area contributed by atoms with E-state index in [0.717, 1.165) is 6.54 Å². The van der Waals surface area contributed by atoms with Crippen LogP contribution >= 0.6 is 0 Å². The van der Waals surface area contributed by atoms with Crippen LogP contribution in [-0.2, 0) is 6.54 Å². The number of imidazole rings is 1. The van der Waals surface area contributed by atoms with Gasteiger partial charge in [-0.3, -0.25) is 0 Å². The van der Waals surface area contributed by atoms with E-state index in [2.05, 4.69) is 88.2 Å². The Morgan fingerprint density at radius 3 is 2.43 bits per heavy atom. The summed E-state index contributed by atoms with van der Waals surface area (Å²) in [5.74, 6) is 0. The second-order valence-corrected chi connectivity index (χ2v) is 5.09. The second-order valence-electron chi connectivity index (χ2n) is 5.09. The molecule has 21 heavy (non-hydrogen) atoms. The molecule has 0 bridgehead atoms. The lowest BCUT2D eigenvalue weighted by molar-refractivity contribution is -0.686. The molecule has 2 aromatic carbocycles. The van der Waals surface area contributed by atoms with Crippen LogP contribution in [0.5, 0.6) is 0 Å². The van der Waals surface area contributed by atoms with E-state index >= 15 is 0 Å². The van der Waals surface area contributed by atoms with Crippen LogP contribution in [0.25, 0.3) is 16.4 Å². The minimum Gasteiger partial charge on any atom is -1.00 e. The Morgan fingerprint density at radius 2 is 1.57 bits per heavy atom. The molecule has 0 fully saturated rings. The maximum Gasteiger partial charge on any atom is 0.249 e. The van der Waals surface area contributed by atoms with Crippen LogP contribution in [0, 0.1) is 0 Å². The zero-order valence-electron chi connectivity index (χ0n) is 11.5. The number of halogens is 1. The predicted octanol–water partition coefficient (Wildman–Crippen LogP) is 0.432. The number of nitrogens with zero attached hydrogens (tertiary/aromatic N) is 2. The van der Waals surface area contributed by atoms with Crippen molar-refractivity contribution in [1.29, 1.82) is 0 Å². The maximum absolute atomic E-state index is 2.25. The molecule has 2 heterocycles. The van der Waals surface area contributed by atoms with Crippen molar-refractivity contribution in [2.24, 2.45) is 0 Å². The van der Waals surface area contributed by atoms with Gasteiger partial charge < -0.3 is 12.4 Å². The van der Waals surface area contributed by atoms with E-state index in [0.29, 0.717) is 0 Å². The van der Waals surface area contributed by atoms with Gasteiger partial charge in [0.05, 0.1) is 0 Å². The summed E-state index contributed by atoms with van der Waals surface area (Å²) in [5, 5.41) is 1.27. The summed E-state index contributed by atoms with van der Waals surface area (Å²) in [6, 6.07) is 23.4. The Hall–Kier alpha value is -2.32. The Labute approximate surface area is 129 Å². The van der Waals surface area contributed by atoms with Gasteiger partial charge >= 0.3 is 0 Å². The molecule has 2 nitrogen and oxygen atoms in total. The van der Waals surface area contributed by atoms with Crippen molar-refractivity contribution in [3.8, 4) is 0 Å². The van der Waals surface area contributed by atoms with Crippen molar-refractivity contribution < 1.29 is 17.0 Å². The number of fused-ring (bicyclic) bond motifs is 3. The first-order valence-corrected chi connectivity index (χ1v) is 6.83. The molecule has 0 aliphatic rings. The van der Waals surface area contributed by atoms with Gasteiger partial charge in [-0.2, -0.15) is 4.40 Å². The molecule has 2 aromatic heterocycles. The highest BCUT2D eigenvalue weighted by Crippen LogP contribution is 2.15. The molecule has 0 aliphatic heterocycles. The van der Waals surface area contributed by atoms with Crippen LogP contribution in [0.15, 0.2) is 79.3 Å². The zero-order chi connectivity index (χ0) is 13.4. The van der Waals surface area contributed by atoms with Gasteiger partial charge in [-0.25, -0.2) is 4.57 Å². The number of para-hydroxylation sites is 1. The summed E-state index contributed by atoms with van der Waals surface area (Å²) in [6.45, 7) is 0.900. The lowest BCUT2D eigenvalue weighted by Crippen LogP contribution is -3.00. The molecule has 0 N–H and O–H groups in total. The smallest absolute Gasteiger partial charge is 0.249 e.